The second-order valence-electron chi connectivity index (χ2n) is 9.32. The zero-order valence-corrected chi connectivity index (χ0v) is 22.8. The highest BCUT2D eigenvalue weighted by Gasteiger charge is 2.30. The maximum Gasteiger partial charge on any atom is 0.416 e. The van der Waals surface area contributed by atoms with E-state index >= 15 is 0 Å². The molecule has 39 heavy (non-hydrogen) atoms. The Kier molecular flexibility index (Phi) is 8.64. The first-order chi connectivity index (χ1) is 18.5. The van der Waals surface area contributed by atoms with Gasteiger partial charge in [-0.05, 0) is 73.9 Å². The number of carbonyl (C=O) groups is 1. The van der Waals surface area contributed by atoms with Crippen molar-refractivity contribution in [2.45, 2.75) is 56.3 Å². The molecule has 1 N–H and O–H groups in total. The zero-order valence-electron chi connectivity index (χ0n) is 21.9. The summed E-state index contributed by atoms with van der Waals surface area (Å²) in [6.45, 7) is 7.84. The summed E-state index contributed by atoms with van der Waals surface area (Å²) in [5.41, 5.74) is 1.51. The summed E-state index contributed by atoms with van der Waals surface area (Å²) in [6, 6.07) is 21.8. The van der Waals surface area contributed by atoms with Crippen molar-refractivity contribution in [1.29, 1.82) is 0 Å². The molecular formula is C29H29F3N4O2S. The largest absolute Gasteiger partial charge is 0.483 e. The number of carbonyl (C=O) groups excluding carboxylic acids is 1. The lowest BCUT2D eigenvalue weighted by atomic mass is 10.0. The van der Waals surface area contributed by atoms with E-state index < -0.39 is 23.1 Å². The van der Waals surface area contributed by atoms with Crippen LogP contribution in [0.25, 0.3) is 5.69 Å². The highest BCUT2D eigenvalue weighted by molar-refractivity contribution is 8.00. The smallest absolute Gasteiger partial charge is 0.416 e. The van der Waals surface area contributed by atoms with Crippen molar-refractivity contribution < 1.29 is 22.7 Å². The average Bonchev–Trinajstić information content (AvgIpc) is 3.33. The first-order valence-electron chi connectivity index (χ1n) is 12.4. The monoisotopic (exact) mass is 554 g/mol. The van der Waals surface area contributed by atoms with Gasteiger partial charge in [-0.25, -0.2) is 0 Å². The summed E-state index contributed by atoms with van der Waals surface area (Å²) in [4.78, 5) is 12.9. The lowest BCUT2D eigenvalue weighted by molar-refractivity contribution is -0.137. The van der Waals surface area contributed by atoms with Crippen LogP contribution in [0.4, 0.5) is 18.9 Å². The van der Waals surface area contributed by atoms with Crippen molar-refractivity contribution in [2.24, 2.45) is 0 Å². The second-order valence-corrected chi connectivity index (χ2v) is 10.6. The van der Waals surface area contributed by atoms with Gasteiger partial charge in [0, 0.05) is 11.4 Å². The lowest BCUT2D eigenvalue weighted by Crippen LogP contribution is -2.23. The van der Waals surface area contributed by atoms with Gasteiger partial charge in [0.25, 0.3) is 0 Å². The number of hydrogen-bond donors (Lipinski definition) is 1. The van der Waals surface area contributed by atoms with Crippen LogP contribution in [0, 0.1) is 0 Å². The van der Waals surface area contributed by atoms with Crippen LogP contribution in [0.2, 0.25) is 0 Å². The number of rotatable bonds is 9. The zero-order chi connectivity index (χ0) is 28.2. The molecule has 0 saturated heterocycles. The van der Waals surface area contributed by atoms with Gasteiger partial charge in [-0.1, -0.05) is 55.9 Å². The first kappa shape index (κ1) is 28.2. The van der Waals surface area contributed by atoms with Crippen LogP contribution in [0.3, 0.4) is 0 Å². The molecule has 4 aromatic rings. The molecule has 1 amide bonds. The van der Waals surface area contributed by atoms with Crippen molar-refractivity contribution in [3.8, 4) is 11.4 Å². The highest BCUT2D eigenvalue weighted by atomic mass is 32.2. The molecular weight excluding hydrogens is 525 g/mol. The number of nitrogens with zero attached hydrogens (tertiary/aromatic N) is 3. The molecule has 0 aliphatic rings. The quantitative estimate of drug-likeness (QED) is 0.215. The lowest BCUT2D eigenvalue weighted by Gasteiger charge is -2.18. The molecule has 6 nitrogen and oxygen atoms in total. The molecule has 0 bridgehead atoms. The number of aromatic nitrogens is 3. The number of thioether (sulfide) groups is 1. The summed E-state index contributed by atoms with van der Waals surface area (Å²) < 4.78 is 46.6. The van der Waals surface area contributed by atoms with Gasteiger partial charge in [0.2, 0.25) is 5.91 Å². The van der Waals surface area contributed by atoms with Gasteiger partial charge in [-0.15, -0.1) is 10.2 Å². The Morgan fingerprint density at radius 3 is 2.13 bits per heavy atom. The van der Waals surface area contributed by atoms with Crippen molar-refractivity contribution in [3.63, 3.8) is 0 Å². The van der Waals surface area contributed by atoms with Gasteiger partial charge >= 0.3 is 6.18 Å². The molecule has 0 spiro atoms. The number of hydrogen-bond acceptors (Lipinski definition) is 5. The molecule has 2 atom stereocenters. The number of alkyl halides is 3. The Morgan fingerprint density at radius 2 is 1.54 bits per heavy atom. The minimum Gasteiger partial charge on any atom is -0.483 e. The van der Waals surface area contributed by atoms with E-state index in [4.69, 9.17) is 4.74 Å². The molecule has 3 aromatic carbocycles. The summed E-state index contributed by atoms with van der Waals surface area (Å²) in [7, 11) is 0. The number of benzene rings is 3. The SMILES string of the molecule is CC(Sc1nnc(C(C)Oc2ccc(C(C)C)cc2)n1-c1ccccc1)C(=O)Nc1ccc(C(F)(F)F)cc1. The molecule has 0 aliphatic carbocycles. The van der Waals surface area contributed by atoms with E-state index in [1.807, 2.05) is 66.1 Å². The minimum atomic E-state index is -4.44. The molecule has 0 saturated carbocycles. The summed E-state index contributed by atoms with van der Waals surface area (Å²) in [5.74, 6) is 1.30. The van der Waals surface area contributed by atoms with Crippen molar-refractivity contribution in [1.82, 2.24) is 14.8 Å². The van der Waals surface area contributed by atoms with E-state index in [-0.39, 0.29) is 11.6 Å². The topological polar surface area (TPSA) is 69.0 Å². The molecule has 0 fully saturated rings. The number of anilines is 1. The standard InChI is InChI=1S/C29H29F3N4O2S/c1-18(2)21-10-16-25(17-11-21)38-19(3)26-34-35-28(36(26)24-8-6-5-7-9-24)39-20(4)27(37)33-23-14-12-22(13-15-23)29(30,31)32/h5-20H,1-4H3,(H,33,37). The molecule has 0 aliphatic heterocycles. The molecule has 4 rings (SSSR count). The summed E-state index contributed by atoms with van der Waals surface area (Å²) in [5, 5.41) is 11.3. The fourth-order valence-corrected chi connectivity index (χ4v) is 4.70. The minimum absolute atomic E-state index is 0.274. The van der Waals surface area contributed by atoms with E-state index in [1.165, 1.54) is 29.5 Å². The molecule has 10 heteroatoms. The van der Waals surface area contributed by atoms with Gasteiger partial charge < -0.3 is 10.1 Å². The Balaban J connectivity index is 1.53. The average molecular weight is 555 g/mol. The van der Waals surface area contributed by atoms with Crippen LogP contribution in [-0.4, -0.2) is 25.9 Å². The molecule has 2 unspecified atom stereocenters. The van der Waals surface area contributed by atoms with E-state index in [9.17, 15) is 18.0 Å². The van der Waals surface area contributed by atoms with Crippen molar-refractivity contribution in [3.05, 3.63) is 95.8 Å². The van der Waals surface area contributed by atoms with Crippen LogP contribution >= 0.6 is 11.8 Å². The number of nitrogens with one attached hydrogen (secondary N) is 1. The van der Waals surface area contributed by atoms with Crippen LogP contribution in [-0.2, 0) is 11.0 Å². The third kappa shape index (κ3) is 7.00. The highest BCUT2D eigenvalue weighted by Crippen LogP contribution is 2.32. The number of para-hydroxylation sites is 1. The first-order valence-corrected chi connectivity index (χ1v) is 13.3. The van der Waals surface area contributed by atoms with Gasteiger partial charge in [-0.3, -0.25) is 9.36 Å². The van der Waals surface area contributed by atoms with Crippen molar-refractivity contribution in [2.75, 3.05) is 5.32 Å². The van der Waals surface area contributed by atoms with Crippen LogP contribution < -0.4 is 10.1 Å². The number of amides is 1. The molecule has 1 aromatic heterocycles. The number of ether oxygens (including phenoxy) is 1. The Morgan fingerprint density at radius 1 is 0.897 bits per heavy atom. The summed E-state index contributed by atoms with van der Waals surface area (Å²) >= 11 is 1.19. The normalized spacial score (nSPS) is 13.2. The van der Waals surface area contributed by atoms with Gasteiger partial charge in [0.15, 0.2) is 17.1 Å². The maximum atomic E-state index is 12.9. The van der Waals surface area contributed by atoms with Gasteiger partial charge in [0.1, 0.15) is 5.75 Å². The second kappa shape index (κ2) is 11.9. The predicted octanol–water partition coefficient (Wildman–Crippen LogP) is 7.67. The van der Waals surface area contributed by atoms with Crippen LogP contribution in [0.5, 0.6) is 5.75 Å². The van der Waals surface area contributed by atoms with E-state index in [2.05, 4.69) is 29.4 Å². The van der Waals surface area contributed by atoms with Gasteiger partial charge in [-0.2, -0.15) is 13.2 Å². The maximum absolute atomic E-state index is 12.9. The van der Waals surface area contributed by atoms with E-state index in [0.717, 1.165) is 17.8 Å². The van der Waals surface area contributed by atoms with Crippen molar-refractivity contribution >= 4 is 23.4 Å². The van der Waals surface area contributed by atoms with E-state index in [1.54, 1.807) is 6.92 Å². The van der Waals surface area contributed by atoms with Crippen LogP contribution in [0.1, 0.15) is 56.7 Å². The predicted molar refractivity (Wildman–Crippen MR) is 146 cm³/mol. The third-order valence-corrected chi connectivity index (χ3v) is 7.07. The molecule has 0 radical (unpaired) electrons. The Bertz CT molecular complexity index is 1390. The van der Waals surface area contributed by atoms with E-state index in [0.29, 0.717) is 22.6 Å². The van der Waals surface area contributed by atoms with Gasteiger partial charge in [0.05, 0.1) is 10.8 Å². The fourth-order valence-electron chi connectivity index (χ4n) is 3.83. The summed E-state index contributed by atoms with van der Waals surface area (Å²) in [6.07, 6.45) is -4.89. The number of halogens is 3. The van der Waals surface area contributed by atoms with Crippen LogP contribution in [0.15, 0.2) is 84.0 Å². The Labute approximate surface area is 229 Å². The molecule has 1 heterocycles. The molecule has 204 valence electrons. The fraction of sp³-hybridized carbons (Fsp3) is 0.276. The Hall–Kier alpha value is -3.79. The third-order valence-electron chi connectivity index (χ3n) is 6.03.